The Morgan fingerprint density at radius 2 is 2.36 bits per heavy atom. The summed E-state index contributed by atoms with van der Waals surface area (Å²) in [4.78, 5) is 4.04. The van der Waals surface area contributed by atoms with E-state index in [4.69, 9.17) is 0 Å². The van der Waals surface area contributed by atoms with Crippen LogP contribution in [0.25, 0.3) is 0 Å². The van der Waals surface area contributed by atoms with Gasteiger partial charge in [-0.05, 0) is 20.9 Å². The van der Waals surface area contributed by atoms with Gasteiger partial charge in [0.15, 0.2) is 0 Å². The molecule has 0 aliphatic carbocycles. The molecule has 0 unspecified atom stereocenters. The van der Waals surface area contributed by atoms with Gasteiger partial charge in [-0.3, -0.25) is 5.10 Å². The molecule has 0 aromatic carbocycles. The van der Waals surface area contributed by atoms with E-state index in [1.807, 2.05) is 7.05 Å². The van der Waals surface area contributed by atoms with E-state index in [0.717, 1.165) is 12.2 Å². The van der Waals surface area contributed by atoms with Crippen molar-refractivity contribution in [3.8, 4) is 0 Å². The SMILES string of the molecule is CNC(C)(C)Cc1ncn[nH]1. The minimum absolute atomic E-state index is 0.0829. The first kappa shape index (κ1) is 8.20. The Balaban J connectivity index is 2.56. The van der Waals surface area contributed by atoms with Gasteiger partial charge < -0.3 is 5.32 Å². The standard InChI is InChI=1S/C7H14N4/c1-7(2,8-3)4-6-9-5-10-11-6/h5,8H,4H2,1-3H3,(H,9,10,11). The van der Waals surface area contributed by atoms with Crippen LogP contribution in [0.5, 0.6) is 0 Å². The van der Waals surface area contributed by atoms with Gasteiger partial charge in [0.2, 0.25) is 0 Å². The molecular formula is C7H14N4. The Labute approximate surface area is 66.4 Å². The number of hydrogen-bond donors (Lipinski definition) is 2. The van der Waals surface area contributed by atoms with Crippen molar-refractivity contribution in [1.82, 2.24) is 20.5 Å². The zero-order valence-corrected chi connectivity index (χ0v) is 7.18. The average Bonchev–Trinajstić information content (AvgIpc) is 2.39. The van der Waals surface area contributed by atoms with Gasteiger partial charge in [0.05, 0.1) is 0 Å². The zero-order valence-electron chi connectivity index (χ0n) is 7.18. The monoisotopic (exact) mass is 154 g/mol. The average molecular weight is 154 g/mol. The highest BCUT2D eigenvalue weighted by Gasteiger charge is 2.16. The maximum absolute atomic E-state index is 4.04. The molecular weight excluding hydrogens is 140 g/mol. The van der Waals surface area contributed by atoms with E-state index in [-0.39, 0.29) is 5.54 Å². The van der Waals surface area contributed by atoms with Crippen LogP contribution >= 0.6 is 0 Å². The highest BCUT2D eigenvalue weighted by atomic mass is 15.2. The van der Waals surface area contributed by atoms with Crippen LogP contribution in [-0.2, 0) is 6.42 Å². The van der Waals surface area contributed by atoms with Crippen molar-refractivity contribution in [3.05, 3.63) is 12.2 Å². The zero-order chi connectivity index (χ0) is 8.32. The van der Waals surface area contributed by atoms with Gasteiger partial charge in [0, 0.05) is 12.0 Å². The molecule has 0 saturated carbocycles. The molecule has 1 rings (SSSR count). The topological polar surface area (TPSA) is 53.6 Å². The molecule has 4 nitrogen and oxygen atoms in total. The van der Waals surface area contributed by atoms with Crippen molar-refractivity contribution in [2.75, 3.05) is 7.05 Å². The lowest BCUT2D eigenvalue weighted by atomic mass is 10.0. The Morgan fingerprint density at radius 3 is 2.82 bits per heavy atom. The molecule has 0 fully saturated rings. The van der Waals surface area contributed by atoms with Crippen LogP contribution in [0.2, 0.25) is 0 Å². The Bertz CT molecular complexity index is 202. The minimum atomic E-state index is 0.0829. The second-order valence-electron chi connectivity index (χ2n) is 3.24. The highest BCUT2D eigenvalue weighted by Crippen LogP contribution is 2.06. The molecule has 0 amide bonds. The summed E-state index contributed by atoms with van der Waals surface area (Å²) in [7, 11) is 1.94. The smallest absolute Gasteiger partial charge is 0.137 e. The van der Waals surface area contributed by atoms with Crippen LogP contribution in [0.1, 0.15) is 19.7 Å². The summed E-state index contributed by atoms with van der Waals surface area (Å²) in [5.74, 6) is 0.921. The molecule has 0 radical (unpaired) electrons. The number of rotatable bonds is 3. The van der Waals surface area contributed by atoms with Crippen LogP contribution in [-0.4, -0.2) is 27.8 Å². The van der Waals surface area contributed by atoms with Crippen LogP contribution in [0, 0.1) is 0 Å². The number of H-pyrrole nitrogens is 1. The first-order valence-corrected chi connectivity index (χ1v) is 3.67. The molecule has 4 heteroatoms. The van der Waals surface area contributed by atoms with Gasteiger partial charge in [-0.15, -0.1) is 0 Å². The fraction of sp³-hybridized carbons (Fsp3) is 0.714. The van der Waals surface area contributed by atoms with Crippen LogP contribution in [0.4, 0.5) is 0 Å². The van der Waals surface area contributed by atoms with Crippen LogP contribution < -0.4 is 5.32 Å². The quantitative estimate of drug-likeness (QED) is 0.660. The van der Waals surface area contributed by atoms with Gasteiger partial charge in [-0.1, -0.05) is 0 Å². The van der Waals surface area contributed by atoms with Crippen molar-refractivity contribution in [2.45, 2.75) is 25.8 Å². The Hall–Kier alpha value is -0.900. The normalized spacial score (nSPS) is 11.9. The van der Waals surface area contributed by atoms with Crippen molar-refractivity contribution in [3.63, 3.8) is 0 Å². The number of nitrogens with one attached hydrogen (secondary N) is 2. The lowest BCUT2D eigenvalue weighted by molar-refractivity contribution is 0.413. The van der Waals surface area contributed by atoms with Crippen molar-refractivity contribution in [1.29, 1.82) is 0 Å². The highest BCUT2D eigenvalue weighted by molar-refractivity contribution is 4.91. The van der Waals surface area contributed by atoms with Crippen LogP contribution in [0.3, 0.4) is 0 Å². The molecule has 1 heterocycles. The Kier molecular flexibility index (Phi) is 2.24. The maximum atomic E-state index is 4.04. The summed E-state index contributed by atoms with van der Waals surface area (Å²) < 4.78 is 0. The molecule has 1 aromatic rings. The van der Waals surface area contributed by atoms with Gasteiger partial charge in [0.1, 0.15) is 12.2 Å². The second-order valence-corrected chi connectivity index (χ2v) is 3.24. The number of hydrogen-bond acceptors (Lipinski definition) is 3. The van der Waals surface area contributed by atoms with Gasteiger partial charge in [-0.2, -0.15) is 5.10 Å². The van der Waals surface area contributed by atoms with Crippen molar-refractivity contribution >= 4 is 0 Å². The summed E-state index contributed by atoms with van der Waals surface area (Å²) in [5.41, 5.74) is 0.0829. The molecule has 0 spiro atoms. The Morgan fingerprint density at radius 1 is 1.64 bits per heavy atom. The molecule has 0 saturated heterocycles. The van der Waals surface area contributed by atoms with E-state index in [0.29, 0.717) is 0 Å². The minimum Gasteiger partial charge on any atom is -0.314 e. The number of nitrogens with zero attached hydrogens (tertiary/aromatic N) is 2. The summed E-state index contributed by atoms with van der Waals surface area (Å²) in [6.07, 6.45) is 2.39. The van der Waals surface area contributed by atoms with E-state index in [9.17, 15) is 0 Å². The predicted molar refractivity (Wildman–Crippen MR) is 43.2 cm³/mol. The first-order valence-electron chi connectivity index (χ1n) is 3.67. The second kappa shape index (κ2) is 3.00. The van der Waals surface area contributed by atoms with Gasteiger partial charge >= 0.3 is 0 Å². The third-order valence-electron chi connectivity index (χ3n) is 1.75. The fourth-order valence-electron chi connectivity index (χ4n) is 0.823. The molecule has 62 valence electrons. The third-order valence-corrected chi connectivity index (χ3v) is 1.75. The largest absolute Gasteiger partial charge is 0.314 e. The molecule has 11 heavy (non-hydrogen) atoms. The van der Waals surface area contributed by atoms with Gasteiger partial charge in [-0.25, -0.2) is 4.98 Å². The number of aromatic nitrogens is 3. The fourth-order valence-corrected chi connectivity index (χ4v) is 0.823. The van der Waals surface area contributed by atoms with Crippen molar-refractivity contribution < 1.29 is 0 Å². The van der Waals surface area contributed by atoms with E-state index in [1.54, 1.807) is 0 Å². The summed E-state index contributed by atoms with van der Waals surface area (Å²) in [6.45, 7) is 4.24. The molecule has 0 aliphatic rings. The van der Waals surface area contributed by atoms with E-state index < -0.39 is 0 Å². The molecule has 1 aromatic heterocycles. The lowest BCUT2D eigenvalue weighted by Crippen LogP contribution is -2.38. The predicted octanol–water partition coefficient (Wildman–Crippen LogP) is 0.345. The number of aromatic amines is 1. The lowest BCUT2D eigenvalue weighted by Gasteiger charge is -2.21. The third kappa shape index (κ3) is 2.31. The summed E-state index contributed by atoms with van der Waals surface area (Å²) in [6, 6.07) is 0. The first-order chi connectivity index (χ1) is 5.14. The van der Waals surface area contributed by atoms with Crippen LogP contribution in [0.15, 0.2) is 6.33 Å². The maximum Gasteiger partial charge on any atom is 0.137 e. The molecule has 0 aliphatic heterocycles. The van der Waals surface area contributed by atoms with E-state index >= 15 is 0 Å². The summed E-state index contributed by atoms with van der Waals surface area (Å²) in [5, 5.41) is 9.80. The van der Waals surface area contributed by atoms with Gasteiger partial charge in [0.25, 0.3) is 0 Å². The van der Waals surface area contributed by atoms with E-state index in [1.165, 1.54) is 6.33 Å². The molecule has 0 bridgehead atoms. The molecule has 0 atom stereocenters. The number of likely N-dealkylation sites (N-methyl/N-ethyl adjacent to an activating group) is 1. The molecule has 2 N–H and O–H groups in total. The van der Waals surface area contributed by atoms with Crippen molar-refractivity contribution in [2.24, 2.45) is 0 Å². The van der Waals surface area contributed by atoms with E-state index in [2.05, 4.69) is 34.3 Å². The summed E-state index contributed by atoms with van der Waals surface area (Å²) >= 11 is 0.